The molecular weight excluding hydrogens is 366 g/mol. The van der Waals surface area contributed by atoms with Crippen molar-refractivity contribution in [3.8, 4) is 0 Å². The molecule has 0 aliphatic rings. The van der Waals surface area contributed by atoms with Crippen LogP contribution in [0.3, 0.4) is 0 Å². The van der Waals surface area contributed by atoms with Gasteiger partial charge in [-0.15, -0.1) is 0 Å². The van der Waals surface area contributed by atoms with Crippen molar-refractivity contribution in [1.29, 1.82) is 0 Å². The molecule has 26 heavy (non-hydrogen) atoms. The number of benzene rings is 2. The lowest BCUT2D eigenvalue weighted by Crippen LogP contribution is -2.33. The number of ketones is 1. The molecule has 2 aromatic rings. The second kappa shape index (κ2) is 9.05. The van der Waals surface area contributed by atoms with Crippen molar-refractivity contribution in [3.63, 3.8) is 0 Å². The summed E-state index contributed by atoms with van der Waals surface area (Å²) in [5.41, 5.74) is 0.205. The number of amides is 2. The molecule has 0 aromatic heterocycles. The Bertz CT molecular complexity index is 843. The van der Waals surface area contributed by atoms with E-state index in [4.69, 9.17) is 11.6 Å². The van der Waals surface area contributed by atoms with E-state index in [0.29, 0.717) is 0 Å². The smallest absolute Gasteiger partial charge is 0.243 e. The summed E-state index contributed by atoms with van der Waals surface area (Å²) in [5, 5.41) is 4.65. The third-order valence-electron chi connectivity index (χ3n) is 3.40. The third kappa shape index (κ3) is 5.63. The summed E-state index contributed by atoms with van der Waals surface area (Å²) in [6.07, 6.45) is -0.356. The zero-order valence-corrected chi connectivity index (χ0v) is 14.3. The van der Waals surface area contributed by atoms with Crippen LogP contribution in [-0.2, 0) is 9.59 Å². The van der Waals surface area contributed by atoms with Crippen LogP contribution in [0.1, 0.15) is 23.2 Å². The van der Waals surface area contributed by atoms with Crippen molar-refractivity contribution in [1.82, 2.24) is 5.32 Å². The predicted molar refractivity (Wildman–Crippen MR) is 93.0 cm³/mol. The molecule has 0 spiro atoms. The Morgan fingerprint density at radius 2 is 1.65 bits per heavy atom. The highest BCUT2D eigenvalue weighted by Gasteiger charge is 2.13. The first-order valence-electron chi connectivity index (χ1n) is 7.66. The molecule has 5 nitrogen and oxygen atoms in total. The average Bonchev–Trinajstić information content (AvgIpc) is 2.61. The highest BCUT2D eigenvalue weighted by atomic mass is 35.5. The number of hydrogen-bond acceptors (Lipinski definition) is 3. The Hall–Kier alpha value is -2.80. The number of anilines is 1. The first-order chi connectivity index (χ1) is 12.4. The van der Waals surface area contributed by atoms with Gasteiger partial charge in [0.15, 0.2) is 5.78 Å². The minimum Gasteiger partial charge on any atom is -0.347 e. The van der Waals surface area contributed by atoms with Crippen molar-refractivity contribution in [2.45, 2.75) is 12.8 Å². The fourth-order valence-electron chi connectivity index (χ4n) is 2.10. The van der Waals surface area contributed by atoms with Gasteiger partial charge in [0.2, 0.25) is 11.8 Å². The maximum Gasteiger partial charge on any atom is 0.243 e. The Labute approximate surface area is 153 Å². The standard InChI is InChI=1S/C18H15ClF2N2O3/c19-13-9-11(5-6-15(13)21)23-18(26)10-22-17(25)8-7-16(24)12-3-1-2-4-14(12)20/h1-6,9H,7-8,10H2,(H,22,25)(H,23,26). The topological polar surface area (TPSA) is 75.3 Å². The predicted octanol–water partition coefficient (Wildman–Crippen LogP) is 3.34. The number of halogens is 3. The van der Waals surface area contributed by atoms with Gasteiger partial charge in [-0.05, 0) is 30.3 Å². The van der Waals surface area contributed by atoms with Crippen LogP contribution >= 0.6 is 11.6 Å². The fraction of sp³-hybridized carbons (Fsp3) is 0.167. The van der Waals surface area contributed by atoms with Crippen LogP contribution in [0.4, 0.5) is 14.5 Å². The normalized spacial score (nSPS) is 10.3. The van der Waals surface area contributed by atoms with Crippen LogP contribution in [0, 0.1) is 11.6 Å². The molecule has 136 valence electrons. The number of hydrogen-bond donors (Lipinski definition) is 2. The number of Topliss-reactive ketones (excluding diaryl/α,β-unsaturated/α-hetero) is 1. The van der Waals surface area contributed by atoms with Gasteiger partial charge in [0.25, 0.3) is 0 Å². The van der Waals surface area contributed by atoms with Gasteiger partial charge in [0.05, 0.1) is 17.1 Å². The van der Waals surface area contributed by atoms with Crippen LogP contribution in [0.25, 0.3) is 0 Å². The average molecular weight is 381 g/mol. The zero-order valence-electron chi connectivity index (χ0n) is 13.5. The second-order valence-corrected chi connectivity index (χ2v) is 5.76. The van der Waals surface area contributed by atoms with Crippen LogP contribution < -0.4 is 10.6 Å². The van der Waals surface area contributed by atoms with Gasteiger partial charge in [-0.25, -0.2) is 8.78 Å². The zero-order chi connectivity index (χ0) is 19.1. The third-order valence-corrected chi connectivity index (χ3v) is 3.69. The molecule has 0 saturated carbocycles. The first kappa shape index (κ1) is 19.5. The van der Waals surface area contributed by atoms with Crippen LogP contribution in [-0.4, -0.2) is 24.1 Å². The van der Waals surface area contributed by atoms with Crippen molar-refractivity contribution in [3.05, 3.63) is 64.7 Å². The van der Waals surface area contributed by atoms with E-state index in [0.717, 1.165) is 6.07 Å². The Morgan fingerprint density at radius 3 is 2.35 bits per heavy atom. The van der Waals surface area contributed by atoms with E-state index in [9.17, 15) is 23.2 Å². The lowest BCUT2D eigenvalue weighted by Gasteiger charge is -2.08. The molecule has 0 heterocycles. The lowest BCUT2D eigenvalue weighted by molar-refractivity contribution is -0.124. The van der Waals surface area contributed by atoms with Crippen molar-refractivity contribution < 1.29 is 23.2 Å². The SMILES string of the molecule is O=C(CCC(=O)c1ccccc1F)NCC(=O)Nc1ccc(F)c(Cl)c1. The monoisotopic (exact) mass is 380 g/mol. The van der Waals surface area contributed by atoms with Gasteiger partial charge in [-0.1, -0.05) is 23.7 Å². The largest absolute Gasteiger partial charge is 0.347 e. The van der Waals surface area contributed by atoms with Crippen molar-refractivity contribution in [2.75, 3.05) is 11.9 Å². The summed E-state index contributed by atoms with van der Waals surface area (Å²) >= 11 is 5.60. The molecule has 2 rings (SSSR count). The molecule has 0 fully saturated rings. The van der Waals surface area contributed by atoms with E-state index in [2.05, 4.69) is 10.6 Å². The molecule has 0 aliphatic carbocycles. The van der Waals surface area contributed by atoms with Gasteiger partial charge in [-0.2, -0.15) is 0 Å². The molecule has 2 amide bonds. The van der Waals surface area contributed by atoms with E-state index in [1.807, 2.05) is 0 Å². The summed E-state index contributed by atoms with van der Waals surface area (Å²) in [5.74, 6) is -2.82. The molecule has 0 aliphatic heterocycles. The summed E-state index contributed by atoms with van der Waals surface area (Å²) in [6.45, 7) is -0.332. The van der Waals surface area contributed by atoms with E-state index >= 15 is 0 Å². The molecule has 0 unspecified atom stereocenters. The number of rotatable bonds is 7. The molecule has 8 heteroatoms. The maximum atomic E-state index is 13.5. The second-order valence-electron chi connectivity index (χ2n) is 5.36. The van der Waals surface area contributed by atoms with Crippen molar-refractivity contribution >= 4 is 34.9 Å². The number of carbonyl (C=O) groups excluding carboxylic acids is 3. The molecule has 2 N–H and O–H groups in total. The molecule has 0 radical (unpaired) electrons. The minimum absolute atomic E-state index is 0.0776. The van der Waals surface area contributed by atoms with E-state index in [1.54, 1.807) is 0 Å². The molecule has 0 atom stereocenters. The molecule has 2 aromatic carbocycles. The number of carbonyl (C=O) groups is 3. The summed E-state index contributed by atoms with van der Waals surface area (Å²) < 4.78 is 26.5. The molecule has 0 bridgehead atoms. The maximum absolute atomic E-state index is 13.5. The van der Waals surface area contributed by atoms with Gasteiger partial charge in [0.1, 0.15) is 11.6 Å². The first-order valence-corrected chi connectivity index (χ1v) is 8.04. The number of nitrogens with one attached hydrogen (secondary N) is 2. The van der Waals surface area contributed by atoms with Crippen LogP contribution in [0.2, 0.25) is 5.02 Å². The van der Waals surface area contributed by atoms with Gasteiger partial charge >= 0.3 is 0 Å². The van der Waals surface area contributed by atoms with E-state index in [-0.39, 0.29) is 35.7 Å². The quantitative estimate of drug-likeness (QED) is 0.723. The minimum atomic E-state index is -0.643. The Balaban J connectivity index is 1.76. The molecular formula is C18H15ClF2N2O3. The lowest BCUT2D eigenvalue weighted by atomic mass is 10.1. The summed E-state index contributed by atoms with van der Waals surface area (Å²) in [6, 6.07) is 9.17. The summed E-state index contributed by atoms with van der Waals surface area (Å²) in [7, 11) is 0. The summed E-state index contributed by atoms with van der Waals surface area (Å²) in [4.78, 5) is 35.3. The highest BCUT2D eigenvalue weighted by Crippen LogP contribution is 2.19. The molecule has 0 saturated heterocycles. The van der Waals surface area contributed by atoms with Gasteiger partial charge in [0, 0.05) is 18.5 Å². The van der Waals surface area contributed by atoms with Crippen LogP contribution in [0.15, 0.2) is 42.5 Å². The van der Waals surface area contributed by atoms with Gasteiger partial charge < -0.3 is 10.6 Å². The fourth-order valence-corrected chi connectivity index (χ4v) is 2.28. The Morgan fingerprint density at radius 1 is 0.923 bits per heavy atom. The van der Waals surface area contributed by atoms with Gasteiger partial charge in [-0.3, -0.25) is 14.4 Å². The van der Waals surface area contributed by atoms with Crippen molar-refractivity contribution in [2.24, 2.45) is 0 Å². The van der Waals surface area contributed by atoms with Crippen LogP contribution in [0.5, 0.6) is 0 Å². The van der Waals surface area contributed by atoms with E-state index < -0.39 is 29.2 Å². The van der Waals surface area contributed by atoms with E-state index in [1.165, 1.54) is 36.4 Å². The highest BCUT2D eigenvalue weighted by molar-refractivity contribution is 6.31. The Kier molecular flexibility index (Phi) is 6.80.